The molecule has 0 aromatic heterocycles. The summed E-state index contributed by atoms with van der Waals surface area (Å²) < 4.78 is 23.9. The topological polar surface area (TPSA) is 46.3 Å². The molecule has 0 aliphatic carbocycles. The molecule has 1 atom stereocenters. The molecule has 0 bridgehead atoms. The molecular weight excluding hydrogens is 190 g/mol. The average molecular weight is 208 g/mol. The molecule has 1 amide bonds. The van der Waals surface area contributed by atoms with E-state index in [1.165, 1.54) is 7.05 Å². The first-order valence-electron chi connectivity index (χ1n) is 4.45. The number of carbonyl (C=O) groups excluding carboxylic acids is 1. The van der Waals surface area contributed by atoms with E-state index in [4.69, 9.17) is 5.73 Å². The van der Waals surface area contributed by atoms with Gasteiger partial charge in [-0.25, -0.2) is 8.78 Å². The van der Waals surface area contributed by atoms with Crippen LogP contribution in [0.5, 0.6) is 0 Å². The maximum Gasteiger partial charge on any atom is 0.255 e. The zero-order valence-corrected chi connectivity index (χ0v) is 9.05. The summed E-state index contributed by atoms with van der Waals surface area (Å²) in [5.41, 5.74) is 5.23. The smallest absolute Gasteiger partial charge is 0.255 e. The van der Waals surface area contributed by atoms with Crippen LogP contribution in [-0.4, -0.2) is 36.9 Å². The van der Waals surface area contributed by atoms with Crippen LogP contribution in [0.15, 0.2) is 0 Å². The second kappa shape index (κ2) is 4.68. The van der Waals surface area contributed by atoms with Gasteiger partial charge < -0.3 is 10.6 Å². The first kappa shape index (κ1) is 13.3. The number of hydrogen-bond donors (Lipinski definition) is 1. The van der Waals surface area contributed by atoms with Crippen molar-refractivity contribution in [2.24, 2.45) is 11.1 Å². The maximum atomic E-state index is 12.0. The molecule has 0 saturated carbocycles. The Balaban J connectivity index is 4.32. The third-order valence-corrected chi connectivity index (χ3v) is 1.99. The Morgan fingerprint density at radius 1 is 1.43 bits per heavy atom. The molecule has 5 heteroatoms. The predicted octanol–water partition coefficient (Wildman–Crippen LogP) is 1.08. The highest BCUT2D eigenvalue weighted by molar-refractivity contribution is 5.82. The van der Waals surface area contributed by atoms with E-state index in [1.807, 2.05) is 0 Å². The summed E-state index contributed by atoms with van der Waals surface area (Å²) >= 11 is 0. The lowest BCUT2D eigenvalue weighted by Gasteiger charge is -2.29. The molecule has 0 heterocycles. The normalized spacial score (nSPS) is 14.3. The SMILES string of the molecule is CN(CC(F)F)C(=O)[C@@H](N)C(C)(C)C. The fourth-order valence-corrected chi connectivity index (χ4v) is 0.905. The molecule has 0 fully saturated rings. The lowest BCUT2D eigenvalue weighted by Crippen LogP contribution is -2.50. The highest BCUT2D eigenvalue weighted by Gasteiger charge is 2.30. The second-order valence-corrected chi connectivity index (χ2v) is 4.45. The number of carbonyl (C=O) groups is 1. The summed E-state index contributed by atoms with van der Waals surface area (Å²) in [5, 5.41) is 0. The summed E-state index contributed by atoms with van der Waals surface area (Å²) in [6, 6.07) is -0.744. The zero-order chi connectivity index (χ0) is 11.5. The van der Waals surface area contributed by atoms with Gasteiger partial charge in [0, 0.05) is 7.05 Å². The Hall–Kier alpha value is -0.710. The molecule has 0 aromatic rings. The molecule has 0 aliphatic rings. The molecular formula is C9H18F2N2O. The number of halogens is 2. The van der Waals surface area contributed by atoms with Crippen molar-refractivity contribution in [2.75, 3.05) is 13.6 Å². The standard InChI is InChI=1S/C9H18F2N2O/c1-9(2,3)7(12)8(14)13(4)5-6(10)11/h6-7H,5,12H2,1-4H3/t7-/m1/s1. The number of likely N-dealkylation sites (N-methyl/N-ethyl adjacent to an activating group) is 1. The van der Waals surface area contributed by atoms with Gasteiger partial charge >= 0.3 is 0 Å². The number of amides is 1. The van der Waals surface area contributed by atoms with E-state index in [-0.39, 0.29) is 0 Å². The fraction of sp³-hybridized carbons (Fsp3) is 0.889. The van der Waals surface area contributed by atoms with Gasteiger partial charge in [0.05, 0.1) is 12.6 Å². The van der Waals surface area contributed by atoms with Gasteiger partial charge in [0.2, 0.25) is 5.91 Å². The monoisotopic (exact) mass is 208 g/mol. The van der Waals surface area contributed by atoms with Gasteiger partial charge in [-0.15, -0.1) is 0 Å². The van der Waals surface area contributed by atoms with Crippen LogP contribution in [0.4, 0.5) is 8.78 Å². The number of alkyl halides is 2. The van der Waals surface area contributed by atoms with Crippen LogP contribution in [-0.2, 0) is 4.79 Å². The first-order valence-corrected chi connectivity index (χ1v) is 4.45. The molecule has 84 valence electrons. The third kappa shape index (κ3) is 4.00. The average Bonchev–Trinajstić information content (AvgIpc) is 1.98. The van der Waals surface area contributed by atoms with Crippen LogP contribution < -0.4 is 5.73 Å². The van der Waals surface area contributed by atoms with E-state index in [0.29, 0.717) is 0 Å². The molecule has 0 radical (unpaired) electrons. The summed E-state index contributed by atoms with van der Waals surface area (Å²) in [6.45, 7) is 4.83. The van der Waals surface area contributed by atoms with Gasteiger partial charge in [-0.1, -0.05) is 20.8 Å². The predicted molar refractivity (Wildman–Crippen MR) is 51.1 cm³/mol. The minimum Gasteiger partial charge on any atom is -0.339 e. The quantitative estimate of drug-likeness (QED) is 0.754. The Morgan fingerprint density at radius 3 is 2.14 bits per heavy atom. The van der Waals surface area contributed by atoms with Crippen molar-refractivity contribution >= 4 is 5.91 Å². The molecule has 0 aliphatic heterocycles. The third-order valence-electron chi connectivity index (χ3n) is 1.99. The summed E-state index contributed by atoms with van der Waals surface area (Å²) in [4.78, 5) is 12.5. The lowest BCUT2D eigenvalue weighted by atomic mass is 9.86. The summed E-state index contributed by atoms with van der Waals surface area (Å²) in [7, 11) is 1.33. The first-order chi connectivity index (χ1) is 6.16. The van der Waals surface area contributed by atoms with Crippen molar-refractivity contribution in [3.63, 3.8) is 0 Å². The minimum atomic E-state index is -2.52. The molecule has 0 rings (SSSR count). The van der Waals surface area contributed by atoms with Crippen molar-refractivity contribution in [1.82, 2.24) is 4.90 Å². The zero-order valence-electron chi connectivity index (χ0n) is 9.05. The summed E-state index contributed by atoms with van der Waals surface area (Å²) in [6.07, 6.45) is -2.52. The molecule has 0 unspecified atom stereocenters. The van der Waals surface area contributed by atoms with E-state index in [1.54, 1.807) is 20.8 Å². The summed E-state index contributed by atoms with van der Waals surface area (Å²) in [5.74, 6) is -0.446. The van der Waals surface area contributed by atoms with Crippen LogP contribution in [0, 0.1) is 5.41 Å². The van der Waals surface area contributed by atoms with Gasteiger partial charge in [-0.3, -0.25) is 4.79 Å². The van der Waals surface area contributed by atoms with Gasteiger partial charge in [-0.2, -0.15) is 0 Å². The van der Waals surface area contributed by atoms with Crippen LogP contribution in [0.3, 0.4) is 0 Å². The van der Waals surface area contributed by atoms with Crippen molar-refractivity contribution in [3.05, 3.63) is 0 Å². The van der Waals surface area contributed by atoms with Crippen molar-refractivity contribution < 1.29 is 13.6 Å². The van der Waals surface area contributed by atoms with Crippen molar-refractivity contribution in [2.45, 2.75) is 33.2 Å². The van der Waals surface area contributed by atoms with E-state index < -0.39 is 30.3 Å². The van der Waals surface area contributed by atoms with Crippen molar-refractivity contribution in [1.29, 1.82) is 0 Å². The second-order valence-electron chi connectivity index (χ2n) is 4.45. The molecule has 0 saturated heterocycles. The maximum absolute atomic E-state index is 12.0. The number of rotatable bonds is 3. The molecule has 14 heavy (non-hydrogen) atoms. The Labute approximate surface area is 83.3 Å². The molecule has 0 aromatic carbocycles. The van der Waals surface area contributed by atoms with Crippen LogP contribution in [0.25, 0.3) is 0 Å². The van der Waals surface area contributed by atoms with E-state index >= 15 is 0 Å². The lowest BCUT2D eigenvalue weighted by molar-refractivity contribution is -0.135. The highest BCUT2D eigenvalue weighted by atomic mass is 19.3. The van der Waals surface area contributed by atoms with Crippen LogP contribution in [0.2, 0.25) is 0 Å². The van der Waals surface area contributed by atoms with E-state index in [0.717, 1.165) is 4.90 Å². The Bertz CT molecular complexity index is 201. The van der Waals surface area contributed by atoms with E-state index in [2.05, 4.69) is 0 Å². The van der Waals surface area contributed by atoms with Crippen LogP contribution >= 0.6 is 0 Å². The van der Waals surface area contributed by atoms with E-state index in [9.17, 15) is 13.6 Å². The molecule has 3 nitrogen and oxygen atoms in total. The molecule has 2 N–H and O–H groups in total. The fourth-order valence-electron chi connectivity index (χ4n) is 0.905. The van der Waals surface area contributed by atoms with Gasteiger partial charge in [0.25, 0.3) is 6.43 Å². The van der Waals surface area contributed by atoms with Gasteiger partial charge in [0.1, 0.15) is 0 Å². The highest BCUT2D eigenvalue weighted by Crippen LogP contribution is 2.18. The van der Waals surface area contributed by atoms with Gasteiger partial charge in [0.15, 0.2) is 0 Å². The number of nitrogens with zero attached hydrogens (tertiary/aromatic N) is 1. The largest absolute Gasteiger partial charge is 0.339 e. The number of nitrogens with two attached hydrogens (primary N) is 1. The molecule has 0 spiro atoms. The minimum absolute atomic E-state index is 0.409. The van der Waals surface area contributed by atoms with Crippen molar-refractivity contribution in [3.8, 4) is 0 Å². The Kier molecular flexibility index (Phi) is 4.45. The van der Waals surface area contributed by atoms with Gasteiger partial charge in [-0.05, 0) is 5.41 Å². The number of hydrogen-bond acceptors (Lipinski definition) is 2. The van der Waals surface area contributed by atoms with Crippen LogP contribution in [0.1, 0.15) is 20.8 Å². The Morgan fingerprint density at radius 2 is 1.86 bits per heavy atom.